The molecular formula is C44H63N4O15S4+. The molecular weight excluding hydrogens is 953 g/mol. The third-order valence-corrected chi connectivity index (χ3v) is 16.2. The molecule has 0 bridgehead atoms. The minimum atomic E-state index is -4.64. The lowest BCUT2D eigenvalue weighted by Gasteiger charge is -2.30. The Morgan fingerprint density at radius 1 is 0.701 bits per heavy atom. The zero-order valence-corrected chi connectivity index (χ0v) is 41.6. The quantitative estimate of drug-likeness (QED) is 0.0333. The first kappa shape index (κ1) is 55.5. The van der Waals surface area contributed by atoms with Gasteiger partial charge in [0, 0.05) is 88.3 Å². The summed E-state index contributed by atoms with van der Waals surface area (Å²) in [5.74, 6) is -1.57. The van der Waals surface area contributed by atoms with Crippen LogP contribution in [0.1, 0.15) is 63.5 Å². The fraction of sp³-hybridized carbons (Fsp3) is 0.500. The number of ether oxygens (including phenoxy) is 3. The van der Waals surface area contributed by atoms with Crippen LogP contribution in [-0.4, -0.2) is 143 Å². The smallest absolute Gasteiger partial charge is 0.303 e. The molecule has 0 saturated carbocycles. The van der Waals surface area contributed by atoms with E-state index in [-0.39, 0.29) is 73.5 Å². The summed E-state index contributed by atoms with van der Waals surface area (Å²) in [6, 6.07) is 8.39. The van der Waals surface area contributed by atoms with Crippen molar-refractivity contribution < 1.29 is 71.5 Å². The van der Waals surface area contributed by atoms with Gasteiger partial charge in [-0.05, 0) is 81.5 Å². The van der Waals surface area contributed by atoms with Gasteiger partial charge in [-0.15, -0.1) is 0 Å². The van der Waals surface area contributed by atoms with Crippen LogP contribution in [-0.2, 0) is 70.1 Å². The van der Waals surface area contributed by atoms with Crippen molar-refractivity contribution in [1.82, 2.24) is 9.44 Å². The zero-order valence-electron chi connectivity index (χ0n) is 38.4. The summed E-state index contributed by atoms with van der Waals surface area (Å²) in [7, 11) is -12.4. The summed E-state index contributed by atoms with van der Waals surface area (Å²) in [4.78, 5) is 12.4. The van der Waals surface area contributed by atoms with Gasteiger partial charge in [-0.1, -0.05) is 30.4 Å². The maximum atomic E-state index is 13.2. The van der Waals surface area contributed by atoms with Crippen molar-refractivity contribution in [3.8, 4) is 0 Å². The van der Waals surface area contributed by atoms with E-state index in [0.29, 0.717) is 66.3 Å². The van der Waals surface area contributed by atoms with Gasteiger partial charge in [0.15, 0.2) is 5.71 Å². The number of hydrogen-bond acceptors (Lipinski definition) is 13. The summed E-state index contributed by atoms with van der Waals surface area (Å²) in [5, 5.41) is 9.17. The van der Waals surface area contributed by atoms with E-state index in [1.165, 1.54) is 45.6 Å². The molecule has 0 radical (unpaired) electrons. The highest BCUT2D eigenvalue weighted by Crippen LogP contribution is 2.51. The first-order chi connectivity index (χ1) is 31.4. The Bertz CT molecular complexity index is 2700. The number of aliphatic carboxylic acids is 1. The molecule has 2 aromatic carbocycles. The number of allylic oxidation sites excluding steroid dienone is 8. The number of methoxy groups -OCH3 is 3. The molecule has 0 aliphatic carbocycles. The van der Waals surface area contributed by atoms with Crippen LogP contribution in [0.15, 0.2) is 94.4 Å². The van der Waals surface area contributed by atoms with Crippen LogP contribution < -0.4 is 14.3 Å². The van der Waals surface area contributed by atoms with Crippen molar-refractivity contribution >= 4 is 63.3 Å². The second kappa shape index (κ2) is 23.9. The first-order valence-corrected chi connectivity index (χ1v) is 27.6. The standard InChI is InChI=1S/C44H62N4O15S4/c1-43(21-30-64(51,52)45-23-27-61-3)36-32-34(66(55,56)57)17-19-38(36)47(25-13-9-12-16-42(49)50)40(43)14-10-7-6-8-11-15-41-44(2,22-31-65(53,54)46-24-28-62-4)37-33-35(67(58,59)60)18-20-39(37)48(41)26-29-63-5/h6-8,10-11,14-15,17-20,32-33,45-46H,9,12-13,16,21-31H2,1-5H3,(H2-,49,50,55,56,57,58,59,60)/p+1. The third-order valence-electron chi connectivity index (χ3n) is 11.8. The number of fused-ring (bicyclic) bond motifs is 2. The molecule has 2 unspecified atom stereocenters. The van der Waals surface area contributed by atoms with Crippen molar-refractivity contribution in [3.05, 3.63) is 95.8 Å². The summed E-state index contributed by atoms with van der Waals surface area (Å²) < 4.78 is 144. The number of benzene rings is 2. The lowest BCUT2D eigenvalue weighted by molar-refractivity contribution is -0.438. The lowest BCUT2D eigenvalue weighted by atomic mass is 9.77. The maximum absolute atomic E-state index is 13.2. The normalized spacial score (nSPS) is 19.7. The number of unbranched alkanes of at least 4 members (excludes halogenated alkanes) is 2. The molecule has 2 atom stereocenters. The van der Waals surface area contributed by atoms with Crippen molar-refractivity contribution in [1.29, 1.82) is 0 Å². The molecule has 0 amide bonds. The van der Waals surface area contributed by atoms with Gasteiger partial charge in [-0.3, -0.25) is 13.9 Å². The lowest BCUT2D eigenvalue weighted by Crippen LogP contribution is -2.37. The van der Waals surface area contributed by atoms with Crippen LogP contribution in [0.2, 0.25) is 0 Å². The van der Waals surface area contributed by atoms with Crippen LogP contribution in [0.5, 0.6) is 0 Å². The summed E-state index contributed by atoms with van der Waals surface area (Å²) >= 11 is 0. The molecule has 2 aromatic rings. The number of nitrogens with one attached hydrogen (secondary N) is 2. The van der Waals surface area contributed by atoms with E-state index in [4.69, 9.17) is 19.3 Å². The van der Waals surface area contributed by atoms with Gasteiger partial charge in [-0.2, -0.15) is 21.4 Å². The molecule has 2 aliphatic heterocycles. The zero-order chi connectivity index (χ0) is 49.7. The summed E-state index contributed by atoms with van der Waals surface area (Å²) in [5.41, 5.74) is 1.32. The van der Waals surface area contributed by atoms with Crippen molar-refractivity contribution in [3.63, 3.8) is 0 Å². The van der Waals surface area contributed by atoms with Crippen molar-refractivity contribution in [2.24, 2.45) is 0 Å². The molecule has 67 heavy (non-hydrogen) atoms. The van der Waals surface area contributed by atoms with Crippen LogP contribution in [0.25, 0.3) is 0 Å². The number of carbonyl (C=O) groups is 1. The molecule has 2 aliphatic rings. The second-order valence-electron chi connectivity index (χ2n) is 16.5. The van der Waals surface area contributed by atoms with E-state index in [9.17, 15) is 47.6 Å². The van der Waals surface area contributed by atoms with Crippen LogP contribution in [0, 0.1) is 0 Å². The number of carboxylic acid groups (broad SMARTS) is 1. The number of anilines is 1. The van der Waals surface area contributed by atoms with E-state index < -0.39 is 57.1 Å². The largest absolute Gasteiger partial charge is 0.481 e. The Morgan fingerprint density at radius 3 is 1.81 bits per heavy atom. The van der Waals surface area contributed by atoms with Crippen molar-refractivity contribution in [2.45, 2.75) is 73.0 Å². The van der Waals surface area contributed by atoms with Crippen LogP contribution in [0.3, 0.4) is 0 Å². The van der Waals surface area contributed by atoms with Gasteiger partial charge in [0.25, 0.3) is 20.2 Å². The number of rotatable bonds is 29. The predicted molar refractivity (Wildman–Crippen MR) is 254 cm³/mol. The molecule has 2 heterocycles. The maximum Gasteiger partial charge on any atom is 0.303 e. The molecule has 0 spiro atoms. The van der Waals surface area contributed by atoms with Gasteiger partial charge >= 0.3 is 5.97 Å². The van der Waals surface area contributed by atoms with Gasteiger partial charge in [-0.25, -0.2) is 26.3 Å². The number of hydrogen-bond donors (Lipinski definition) is 5. The molecule has 0 saturated heterocycles. The van der Waals surface area contributed by atoms with E-state index in [0.717, 1.165) is 0 Å². The van der Waals surface area contributed by atoms with E-state index in [2.05, 4.69) is 9.44 Å². The number of sulfonamides is 2. The summed E-state index contributed by atoms with van der Waals surface area (Å²) in [6.07, 6.45) is 13.8. The Balaban J connectivity index is 1.76. The third kappa shape index (κ3) is 14.9. The van der Waals surface area contributed by atoms with Crippen LogP contribution >= 0.6 is 0 Å². The predicted octanol–water partition coefficient (Wildman–Crippen LogP) is 4.07. The highest BCUT2D eigenvalue weighted by atomic mass is 32.2. The molecule has 5 N–H and O–H groups in total. The monoisotopic (exact) mass is 1020 g/mol. The average molecular weight is 1020 g/mol. The minimum absolute atomic E-state index is 0.00748. The molecule has 23 heteroatoms. The van der Waals surface area contributed by atoms with Crippen molar-refractivity contribution in [2.75, 3.05) is 83.7 Å². The van der Waals surface area contributed by atoms with Crippen LogP contribution in [0.4, 0.5) is 11.4 Å². The molecule has 0 aromatic heterocycles. The Hall–Kier alpha value is -4.14. The van der Waals surface area contributed by atoms with Gasteiger partial charge < -0.3 is 24.2 Å². The average Bonchev–Trinajstić information content (AvgIpc) is 3.63. The van der Waals surface area contributed by atoms with E-state index >= 15 is 0 Å². The summed E-state index contributed by atoms with van der Waals surface area (Å²) in [6.45, 7) is 5.02. The fourth-order valence-electron chi connectivity index (χ4n) is 8.20. The number of carboxylic acids is 1. The fourth-order valence-corrected chi connectivity index (χ4v) is 11.6. The second-order valence-corrected chi connectivity index (χ2v) is 23.1. The topological polar surface area (TPSA) is 272 Å². The minimum Gasteiger partial charge on any atom is -0.481 e. The van der Waals surface area contributed by atoms with E-state index in [1.807, 2.05) is 9.48 Å². The SMILES string of the molecule is COCCNS(=O)(=O)CCC1(C)C(/C=C/C=C/C=C/C=C2/N(CCOC)c3ccc(S(=O)(=O)O)cc3C2(C)CCS(=O)(=O)NCCOC)=[N+](CCCCCC(=O)O)c2ccc(S(=O)(=O)O)cc21. The molecule has 4 rings (SSSR count). The number of nitrogens with zero attached hydrogens (tertiary/aromatic N) is 2. The van der Waals surface area contributed by atoms with Gasteiger partial charge in [0.1, 0.15) is 6.54 Å². The Morgan fingerprint density at radius 2 is 1.24 bits per heavy atom. The molecule has 19 nitrogen and oxygen atoms in total. The first-order valence-electron chi connectivity index (χ1n) is 21.5. The Labute approximate surface area is 394 Å². The van der Waals surface area contributed by atoms with Gasteiger partial charge in [0.05, 0.1) is 46.5 Å². The molecule has 372 valence electrons. The van der Waals surface area contributed by atoms with Gasteiger partial charge in [0.2, 0.25) is 25.7 Å². The van der Waals surface area contributed by atoms with E-state index in [1.54, 1.807) is 68.5 Å². The highest BCUT2D eigenvalue weighted by molar-refractivity contribution is 7.89. The Kier molecular flexibility index (Phi) is 19.8. The molecule has 0 fully saturated rings. The highest BCUT2D eigenvalue weighted by Gasteiger charge is 2.49.